The number of ether oxygens (including phenoxy) is 2. The number of hydrogen-bond donors (Lipinski definition) is 0. The summed E-state index contributed by atoms with van der Waals surface area (Å²) in [7, 11) is 1.68. The minimum absolute atomic E-state index is 0.0259. The molecule has 5 heteroatoms. The molecule has 2 atom stereocenters. The van der Waals surface area contributed by atoms with Crippen LogP contribution in [0.25, 0.3) is 11.0 Å². The number of methoxy groups -OCH3 is 1. The van der Waals surface area contributed by atoms with E-state index in [1.165, 1.54) is 12.8 Å². The van der Waals surface area contributed by atoms with Gasteiger partial charge in [-0.25, -0.2) is 0 Å². The molecule has 28 heavy (non-hydrogen) atoms. The van der Waals surface area contributed by atoms with Crippen molar-refractivity contribution in [3.8, 4) is 11.5 Å². The van der Waals surface area contributed by atoms with Crippen LogP contribution in [-0.2, 0) is 0 Å². The molecule has 3 aromatic rings. The fraction of sp³-hybridized carbons (Fsp3) is 0.435. The maximum Gasteiger partial charge on any atom is 0.167 e. The molecule has 0 aliphatic carbocycles. The van der Waals surface area contributed by atoms with Gasteiger partial charge in [-0.1, -0.05) is 49.2 Å². The molecule has 4 rings (SSSR count). The van der Waals surface area contributed by atoms with Crippen LogP contribution in [0.1, 0.15) is 50.8 Å². The van der Waals surface area contributed by atoms with Crippen molar-refractivity contribution in [3.63, 3.8) is 0 Å². The normalized spacial score (nSPS) is 18.9. The predicted molar refractivity (Wildman–Crippen MR) is 110 cm³/mol. The van der Waals surface area contributed by atoms with Crippen LogP contribution in [-0.4, -0.2) is 29.9 Å². The first kappa shape index (κ1) is 18.8. The van der Waals surface area contributed by atoms with Crippen LogP contribution in [0.4, 0.5) is 0 Å². The number of fused-ring (bicyclic) bond motifs is 1. The molecule has 2 heterocycles. The lowest BCUT2D eigenvalue weighted by atomic mass is 9.96. The van der Waals surface area contributed by atoms with E-state index in [2.05, 4.69) is 23.0 Å². The second kappa shape index (κ2) is 8.65. The highest BCUT2D eigenvalue weighted by Gasteiger charge is 2.34. The van der Waals surface area contributed by atoms with Gasteiger partial charge < -0.3 is 14.0 Å². The lowest BCUT2D eigenvalue weighted by Gasteiger charge is -2.40. The van der Waals surface area contributed by atoms with Crippen molar-refractivity contribution in [2.45, 2.75) is 51.3 Å². The van der Waals surface area contributed by atoms with Crippen molar-refractivity contribution >= 4 is 11.0 Å². The van der Waals surface area contributed by atoms with Crippen molar-refractivity contribution < 1.29 is 14.0 Å². The maximum absolute atomic E-state index is 6.50. The topological polar surface area (TPSA) is 47.7 Å². The SMILES string of the molecule is CCCC(Oc1ccccc1OC)N1CCCCC1c1noc2ccccc12. The van der Waals surface area contributed by atoms with E-state index in [-0.39, 0.29) is 12.3 Å². The van der Waals surface area contributed by atoms with Crippen LogP contribution >= 0.6 is 0 Å². The van der Waals surface area contributed by atoms with Gasteiger partial charge in [0.05, 0.1) is 13.2 Å². The van der Waals surface area contributed by atoms with Crippen LogP contribution in [0.15, 0.2) is 53.1 Å². The lowest BCUT2D eigenvalue weighted by molar-refractivity contribution is -0.0320. The number of nitrogens with zero attached hydrogens (tertiary/aromatic N) is 2. The van der Waals surface area contributed by atoms with E-state index in [1.807, 2.05) is 42.5 Å². The summed E-state index contributed by atoms with van der Waals surface area (Å²) in [6.45, 7) is 3.19. The van der Waals surface area contributed by atoms with Gasteiger partial charge in [0.15, 0.2) is 23.3 Å². The number of piperidine rings is 1. The van der Waals surface area contributed by atoms with Crippen molar-refractivity contribution in [2.24, 2.45) is 0 Å². The highest BCUT2D eigenvalue weighted by Crippen LogP contribution is 2.38. The van der Waals surface area contributed by atoms with E-state index in [1.54, 1.807) is 7.11 Å². The van der Waals surface area contributed by atoms with Gasteiger partial charge in [0.1, 0.15) is 5.69 Å². The summed E-state index contributed by atoms with van der Waals surface area (Å²) in [4.78, 5) is 2.46. The third kappa shape index (κ3) is 3.72. The zero-order valence-corrected chi connectivity index (χ0v) is 16.6. The van der Waals surface area contributed by atoms with Crippen molar-refractivity contribution in [1.29, 1.82) is 0 Å². The molecular weight excluding hydrogens is 352 g/mol. The molecule has 1 aliphatic rings. The molecule has 1 fully saturated rings. The Kier molecular flexibility index (Phi) is 5.81. The average Bonchev–Trinajstić information content (AvgIpc) is 3.18. The summed E-state index contributed by atoms with van der Waals surface area (Å²) in [5.41, 5.74) is 1.88. The second-order valence-corrected chi connectivity index (χ2v) is 7.33. The third-order valence-corrected chi connectivity index (χ3v) is 5.50. The molecule has 5 nitrogen and oxygen atoms in total. The highest BCUT2D eigenvalue weighted by molar-refractivity contribution is 5.79. The molecule has 0 spiro atoms. The molecule has 1 aliphatic heterocycles. The van der Waals surface area contributed by atoms with E-state index in [9.17, 15) is 0 Å². The highest BCUT2D eigenvalue weighted by atomic mass is 16.5. The van der Waals surface area contributed by atoms with Crippen LogP contribution in [0.3, 0.4) is 0 Å². The summed E-state index contributed by atoms with van der Waals surface area (Å²) in [6.07, 6.45) is 5.39. The van der Waals surface area contributed by atoms with E-state index in [4.69, 9.17) is 14.0 Å². The first-order valence-electron chi connectivity index (χ1n) is 10.2. The molecule has 0 N–H and O–H groups in total. The van der Waals surface area contributed by atoms with E-state index >= 15 is 0 Å². The van der Waals surface area contributed by atoms with E-state index < -0.39 is 0 Å². The van der Waals surface area contributed by atoms with E-state index in [0.717, 1.165) is 54.0 Å². The third-order valence-electron chi connectivity index (χ3n) is 5.50. The molecule has 2 aromatic carbocycles. The Labute approximate surface area is 166 Å². The van der Waals surface area contributed by atoms with Crippen molar-refractivity contribution in [2.75, 3.05) is 13.7 Å². The summed E-state index contributed by atoms with van der Waals surface area (Å²) >= 11 is 0. The number of rotatable bonds is 7. The summed E-state index contributed by atoms with van der Waals surface area (Å²) < 4.78 is 17.6. The lowest BCUT2D eigenvalue weighted by Crippen LogP contribution is -2.44. The van der Waals surface area contributed by atoms with Gasteiger partial charge in [0.2, 0.25) is 0 Å². The van der Waals surface area contributed by atoms with Crippen LogP contribution in [0.5, 0.6) is 11.5 Å². The van der Waals surface area contributed by atoms with Gasteiger partial charge in [-0.15, -0.1) is 0 Å². The molecule has 1 aromatic heterocycles. The molecule has 1 saturated heterocycles. The molecule has 148 valence electrons. The van der Waals surface area contributed by atoms with Gasteiger partial charge in [-0.2, -0.15) is 0 Å². The van der Waals surface area contributed by atoms with Crippen LogP contribution in [0.2, 0.25) is 0 Å². The Hall–Kier alpha value is -2.53. The van der Waals surface area contributed by atoms with Crippen molar-refractivity contribution in [3.05, 3.63) is 54.2 Å². The van der Waals surface area contributed by atoms with Gasteiger partial charge in [0, 0.05) is 11.9 Å². The van der Waals surface area contributed by atoms with Crippen molar-refractivity contribution in [1.82, 2.24) is 10.1 Å². The van der Waals surface area contributed by atoms with Crippen LogP contribution in [0, 0.1) is 0 Å². The zero-order chi connectivity index (χ0) is 19.3. The molecule has 2 unspecified atom stereocenters. The first-order valence-corrected chi connectivity index (χ1v) is 10.2. The first-order chi connectivity index (χ1) is 13.8. The number of aromatic nitrogens is 1. The summed E-state index contributed by atoms with van der Waals surface area (Å²) in [5, 5.41) is 5.56. The Bertz CT molecular complexity index is 908. The maximum atomic E-state index is 6.50. The van der Waals surface area contributed by atoms with Gasteiger partial charge >= 0.3 is 0 Å². The van der Waals surface area contributed by atoms with Gasteiger partial charge in [-0.05, 0) is 43.5 Å². The van der Waals surface area contributed by atoms with Crippen LogP contribution < -0.4 is 9.47 Å². The Morgan fingerprint density at radius 1 is 1.11 bits per heavy atom. The Morgan fingerprint density at radius 2 is 1.89 bits per heavy atom. The molecule has 0 amide bonds. The summed E-state index contributed by atoms with van der Waals surface area (Å²) in [5.74, 6) is 1.56. The predicted octanol–water partition coefficient (Wildman–Crippen LogP) is 5.57. The number of para-hydroxylation sites is 3. The van der Waals surface area contributed by atoms with Gasteiger partial charge in [-0.3, -0.25) is 4.90 Å². The largest absolute Gasteiger partial charge is 0.493 e. The van der Waals surface area contributed by atoms with E-state index in [0.29, 0.717) is 0 Å². The Morgan fingerprint density at radius 3 is 2.71 bits per heavy atom. The quantitative estimate of drug-likeness (QED) is 0.536. The number of likely N-dealkylation sites (tertiary alicyclic amines) is 1. The molecule has 0 bridgehead atoms. The fourth-order valence-electron chi connectivity index (χ4n) is 4.14. The zero-order valence-electron chi connectivity index (χ0n) is 16.6. The molecular formula is C23H28N2O3. The minimum Gasteiger partial charge on any atom is -0.493 e. The smallest absolute Gasteiger partial charge is 0.167 e. The average molecular weight is 380 g/mol. The standard InChI is InChI=1S/C23H28N2O3/c1-3-10-22(27-21-15-7-6-14-20(21)26-2)25-16-9-8-12-18(25)23-17-11-4-5-13-19(17)28-24-23/h4-7,11,13-15,18,22H,3,8-10,12,16H2,1-2H3. The Balaban J connectivity index is 1.65. The number of hydrogen-bond acceptors (Lipinski definition) is 5. The summed E-state index contributed by atoms with van der Waals surface area (Å²) in [6, 6.07) is 16.2. The monoisotopic (exact) mass is 380 g/mol. The number of benzene rings is 2. The second-order valence-electron chi connectivity index (χ2n) is 7.33. The molecule has 0 radical (unpaired) electrons. The molecule has 0 saturated carbocycles. The van der Waals surface area contributed by atoms with Gasteiger partial charge in [0.25, 0.3) is 0 Å². The minimum atomic E-state index is -0.0259. The fourth-order valence-corrected chi connectivity index (χ4v) is 4.14.